The quantitative estimate of drug-likeness (QED) is 0.845. The standard InChI is InChI=1S/C17H13NO5/c19-15(18-12-7-5-10(6-8-12)16(20)21)14-9-11-3-1-2-4-13(11)17(22)23-14/h1-8,14H,9H2,(H,18,19)(H,20,21)/p-1/t14-/m1/s1. The van der Waals surface area contributed by atoms with Gasteiger partial charge in [-0.2, -0.15) is 0 Å². The van der Waals surface area contributed by atoms with E-state index in [1.807, 2.05) is 0 Å². The lowest BCUT2D eigenvalue weighted by molar-refractivity contribution is -0.255. The van der Waals surface area contributed by atoms with Gasteiger partial charge in [0.15, 0.2) is 6.10 Å². The van der Waals surface area contributed by atoms with Crippen molar-refractivity contribution in [2.24, 2.45) is 0 Å². The molecular weight excluding hydrogens is 298 g/mol. The van der Waals surface area contributed by atoms with Gasteiger partial charge in [-0.3, -0.25) is 4.79 Å². The molecule has 116 valence electrons. The number of carbonyl (C=O) groups excluding carboxylic acids is 3. The maximum absolute atomic E-state index is 12.2. The Morgan fingerprint density at radius 1 is 1.09 bits per heavy atom. The lowest BCUT2D eigenvalue weighted by atomic mass is 9.98. The first-order valence-electron chi connectivity index (χ1n) is 6.96. The SMILES string of the molecule is O=C([O-])c1ccc(NC(=O)[C@H]2Cc3ccccc3C(=O)O2)cc1. The van der Waals surface area contributed by atoms with Gasteiger partial charge in [0, 0.05) is 12.1 Å². The smallest absolute Gasteiger partial charge is 0.339 e. The van der Waals surface area contributed by atoms with Gasteiger partial charge in [-0.25, -0.2) is 4.79 Å². The second kappa shape index (κ2) is 5.92. The van der Waals surface area contributed by atoms with Gasteiger partial charge in [0.2, 0.25) is 0 Å². The van der Waals surface area contributed by atoms with E-state index in [-0.39, 0.29) is 5.56 Å². The molecule has 23 heavy (non-hydrogen) atoms. The number of hydrogen-bond acceptors (Lipinski definition) is 5. The number of hydrogen-bond donors (Lipinski definition) is 1. The summed E-state index contributed by atoms with van der Waals surface area (Å²) in [6, 6.07) is 12.5. The van der Waals surface area contributed by atoms with E-state index in [0.29, 0.717) is 17.7 Å². The van der Waals surface area contributed by atoms with Gasteiger partial charge in [0.25, 0.3) is 5.91 Å². The van der Waals surface area contributed by atoms with Gasteiger partial charge in [0.1, 0.15) is 0 Å². The average molecular weight is 310 g/mol. The van der Waals surface area contributed by atoms with E-state index in [2.05, 4.69) is 5.32 Å². The van der Waals surface area contributed by atoms with E-state index >= 15 is 0 Å². The molecule has 1 amide bonds. The Morgan fingerprint density at radius 2 is 1.78 bits per heavy atom. The summed E-state index contributed by atoms with van der Waals surface area (Å²) < 4.78 is 5.15. The lowest BCUT2D eigenvalue weighted by Crippen LogP contribution is -2.37. The van der Waals surface area contributed by atoms with E-state index in [1.165, 1.54) is 24.3 Å². The molecular formula is C17H12NO5-. The number of benzene rings is 2. The van der Waals surface area contributed by atoms with Gasteiger partial charge in [0.05, 0.1) is 11.5 Å². The number of rotatable bonds is 3. The van der Waals surface area contributed by atoms with Crippen molar-refractivity contribution < 1.29 is 24.2 Å². The van der Waals surface area contributed by atoms with Gasteiger partial charge < -0.3 is 20.0 Å². The van der Waals surface area contributed by atoms with Crippen molar-refractivity contribution in [3.8, 4) is 0 Å². The first kappa shape index (κ1) is 14.8. The van der Waals surface area contributed by atoms with Crippen molar-refractivity contribution in [1.82, 2.24) is 0 Å². The average Bonchev–Trinajstić information content (AvgIpc) is 2.55. The summed E-state index contributed by atoms with van der Waals surface area (Å²) in [6.45, 7) is 0. The van der Waals surface area contributed by atoms with Crippen molar-refractivity contribution in [3.63, 3.8) is 0 Å². The maximum Gasteiger partial charge on any atom is 0.339 e. The zero-order chi connectivity index (χ0) is 16.4. The molecule has 0 unspecified atom stereocenters. The summed E-state index contributed by atoms with van der Waals surface area (Å²) in [6.07, 6.45) is -0.622. The molecule has 1 heterocycles. The predicted molar refractivity (Wildman–Crippen MR) is 78.8 cm³/mol. The molecule has 0 aromatic heterocycles. The van der Waals surface area contributed by atoms with Crippen molar-refractivity contribution in [2.75, 3.05) is 5.32 Å². The summed E-state index contributed by atoms with van der Waals surface area (Å²) in [5.74, 6) is -2.28. The van der Waals surface area contributed by atoms with Crippen molar-refractivity contribution >= 4 is 23.5 Å². The molecule has 1 N–H and O–H groups in total. The second-order valence-corrected chi connectivity index (χ2v) is 5.11. The number of carbonyl (C=O) groups is 3. The Labute approximate surface area is 131 Å². The largest absolute Gasteiger partial charge is 0.545 e. The Balaban J connectivity index is 1.72. The van der Waals surface area contributed by atoms with Crippen molar-refractivity contribution in [3.05, 3.63) is 65.2 Å². The Kier molecular flexibility index (Phi) is 3.80. The third kappa shape index (κ3) is 3.06. The molecule has 0 radical (unpaired) electrons. The molecule has 1 aliphatic rings. The molecule has 6 nitrogen and oxygen atoms in total. The van der Waals surface area contributed by atoms with Crippen LogP contribution in [0.2, 0.25) is 0 Å². The van der Waals surface area contributed by atoms with E-state index < -0.39 is 23.9 Å². The monoisotopic (exact) mass is 310 g/mol. The fourth-order valence-corrected chi connectivity index (χ4v) is 2.39. The fraction of sp³-hybridized carbons (Fsp3) is 0.118. The van der Waals surface area contributed by atoms with Gasteiger partial charge in [-0.15, -0.1) is 0 Å². The second-order valence-electron chi connectivity index (χ2n) is 5.11. The number of carboxylic acid groups (broad SMARTS) is 1. The van der Waals surface area contributed by atoms with Gasteiger partial charge >= 0.3 is 5.97 Å². The minimum absolute atomic E-state index is 0.0148. The molecule has 0 saturated carbocycles. The maximum atomic E-state index is 12.2. The van der Waals surface area contributed by atoms with E-state index in [1.54, 1.807) is 24.3 Å². The third-order valence-electron chi connectivity index (χ3n) is 3.57. The first-order valence-corrected chi connectivity index (χ1v) is 6.96. The molecule has 0 bridgehead atoms. The highest BCUT2D eigenvalue weighted by Gasteiger charge is 2.30. The first-order chi connectivity index (χ1) is 11.0. The lowest BCUT2D eigenvalue weighted by Gasteiger charge is -2.23. The highest BCUT2D eigenvalue weighted by atomic mass is 16.5. The summed E-state index contributed by atoms with van der Waals surface area (Å²) in [4.78, 5) is 34.8. The highest BCUT2D eigenvalue weighted by Crippen LogP contribution is 2.21. The van der Waals surface area contributed by atoms with Crippen LogP contribution in [0, 0.1) is 0 Å². The van der Waals surface area contributed by atoms with E-state index in [0.717, 1.165) is 5.56 Å². The number of esters is 1. The molecule has 3 rings (SSSR count). The number of anilines is 1. The number of carboxylic acids is 1. The minimum atomic E-state index is -1.29. The molecule has 6 heteroatoms. The van der Waals surface area contributed by atoms with E-state index in [4.69, 9.17) is 4.74 Å². The van der Waals surface area contributed by atoms with Crippen LogP contribution in [0.4, 0.5) is 5.69 Å². The summed E-state index contributed by atoms with van der Waals surface area (Å²) >= 11 is 0. The number of ether oxygens (including phenoxy) is 1. The zero-order valence-corrected chi connectivity index (χ0v) is 11.9. The van der Waals surface area contributed by atoms with Crippen LogP contribution in [0.3, 0.4) is 0 Å². The molecule has 0 saturated heterocycles. The fourth-order valence-electron chi connectivity index (χ4n) is 2.39. The summed E-state index contributed by atoms with van der Waals surface area (Å²) in [5, 5.41) is 13.3. The number of aromatic carboxylic acids is 1. The number of nitrogens with one attached hydrogen (secondary N) is 1. The predicted octanol–water partition coefficient (Wildman–Crippen LogP) is 0.770. The van der Waals surface area contributed by atoms with Crippen molar-refractivity contribution in [1.29, 1.82) is 0 Å². The van der Waals surface area contributed by atoms with Crippen LogP contribution in [0.5, 0.6) is 0 Å². The van der Waals surface area contributed by atoms with Crippen LogP contribution < -0.4 is 10.4 Å². The van der Waals surface area contributed by atoms with Crippen molar-refractivity contribution in [2.45, 2.75) is 12.5 Å². The summed E-state index contributed by atoms with van der Waals surface area (Å²) in [7, 11) is 0. The van der Waals surface area contributed by atoms with Crippen LogP contribution in [0.25, 0.3) is 0 Å². The van der Waals surface area contributed by atoms with Crippen LogP contribution >= 0.6 is 0 Å². The Morgan fingerprint density at radius 3 is 2.48 bits per heavy atom. The molecule has 2 aromatic rings. The Bertz CT molecular complexity index is 782. The molecule has 0 aliphatic carbocycles. The third-order valence-corrected chi connectivity index (χ3v) is 3.57. The van der Waals surface area contributed by atoms with Crippen LogP contribution in [-0.2, 0) is 16.0 Å². The summed E-state index contributed by atoms with van der Waals surface area (Å²) in [5.41, 5.74) is 1.65. The zero-order valence-electron chi connectivity index (χ0n) is 11.9. The number of cyclic esters (lactones) is 1. The van der Waals surface area contributed by atoms with Crippen LogP contribution in [-0.4, -0.2) is 23.9 Å². The molecule has 0 fully saturated rings. The van der Waals surface area contributed by atoms with Gasteiger partial charge in [-0.05, 0) is 29.3 Å². The van der Waals surface area contributed by atoms with Gasteiger partial charge in [-0.1, -0.05) is 30.3 Å². The minimum Gasteiger partial charge on any atom is -0.545 e. The number of amides is 1. The van der Waals surface area contributed by atoms with E-state index in [9.17, 15) is 19.5 Å². The normalized spacial score (nSPS) is 16.2. The molecule has 0 spiro atoms. The van der Waals surface area contributed by atoms with Crippen LogP contribution in [0.15, 0.2) is 48.5 Å². The molecule has 1 atom stereocenters. The Hall–Kier alpha value is -3.15. The topological polar surface area (TPSA) is 95.5 Å². The number of fused-ring (bicyclic) bond motifs is 1. The van der Waals surface area contributed by atoms with Crippen LogP contribution in [0.1, 0.15) is 26.3 Å². The molecule has 1 aliphatic heterocycles. The highest BCUT2D eigenvalue weighted by molar-refractivity contribution is 6.00. The molecule has 2 aromatic carbocycles.